The van der Waals surface area contributed by atoms with Crippen molar-refractivity contribution in [2.75, 3.05) is 26.9 Å². The Bertz CT molecular complexity index is 410. The molecule has 0 aliphatic heterocycles. The van der Waals surface area contributed by atoms with Gasteiger partial charge in [0.2, 0.25) is 0 Å². The Hall–Kier alpha value is -1.23. The fraction of sp³-hybridized carbons (Fsp3) is 0.467. The van der Waals surface area contributed by atoms with Crippen LogP contribution < -0.4 is 14.8 Å². The van der Waals surface area contributed by atoms with Gasteiger partial charge in [-0.2, -0.15) is 0 Å². The first-order valence-electron chi connectivity index (χ1n) is 6.51. The molecule has 0 atom stereocenters. The molecular formula is C15H24ClNO3. The number of halogens is 1. The molecule has 1 rings (SSSR count). The van der Waals surface area contributed by atoms with Crippen molar-refractivity contribution in [1.29, 1.82) is 0 Å². The minimum atomic E-state index is 0. The second kappa shape index (κ2) is 10.5. The number of hydrogen-bond acceptors (Lipinski definition) is 4. The summed E-state index contributed by atoms with van der Waals surface area (Å²) in [4.78, 5) is 0. The summed E-state index contributed by atoms with van der Waals surface area (Å²) < 4.78 is 11.1. The van der Waals surface area contributed by atoms with Gasteiger partial charge in [0.1, 0.15) is 0 Å². The van der Waals surface area contributed by atoms with E-state index in [0.717, 1.165) is 29.0 Å². The highest BCUT2D eigenvalue weighted by molar-refractivity contribution is 5.85. The first kappa shape index (κ1) is 18.8. The second-order valence-electron chi connectivity index (χ2n) is 4.11. The van der Waals surface area contributed by atoms with E-state index in [0.29, 0.717) is 19.7 Å². The molecule has 1 aromatic carbocycles. The molecule has 4 nitrogen and oxygen atoms in total. The predicted octanol–water partition coefficient (Wildman–Crippen LogP) is 2.33. The minimum Gasteiger partial charge on any atom is -0.493 e. The average molecular weight is 302 g/mol. The van der Waals surface area contributed by atoms with Crippen LogP contribution in [0.5, 0.6) is 11.5 Å². The number of ether oxygens (including phenoxy) is 2. The molecule has 0 saturated carbocycles. The molecule has 2 N–H and O–H groups in total. The Labute approximate surface area is 127 Å². The van der Waals surface area contributed by atoms with Crippen molar-refractivity contribution in [3.8, 4) is 11.5 Å². The van der Waals surface area contributed by atoms with E-state index < -0.39 is 0 Å². The van der Waals surface area contributed by atoms with Crippen molar-refractivity contribution >= 4 is 12.4 Å². The van der Waals surface area contributed by atoms with Gasteiger partial charge in [-0.15, -0.1) is 19.0 Å². The van der Waals surface area contributed by atoms with Crippen molar-refractivity contribution in [2.24, 2.45) is 0 Å². The Morgan fingerprint density at radius 3 is 2.70 bits per heavy atom. The fourth-order valence-electron chi connectivity index (χ4n) is 1.90. The zero-order chi connectivity index (χ0) is 14.1. The van der Waals surface area contributed by atoms with Gasteiger partial charge in [0.25, 0.3) is 0 Å². The molecule has 0 aromatic heterocycles. The SMILES string of the molecule is C=CCc1cc(CNCCO)cc(OC)c1OCC.Cl. The third-order valence-electron chi connectivity index (χ3n) is 2.68. The molecule has 114 valence electrons. The van der Waals surface area contributed by atoms with Gasteiger partial charge in [0.15, 0.2) is 11.5 Å². The van der Waals surface area contributed by atoms with E-state index in [1.807, 2.05) is 19.1 Å². The summed E-state index contributed by atoms with van der Waals surface area (Å²) >= 11 is 0. The van der Waals surface area contributed by atoms with Crippen LogP contribution in [0.4, 0.5) is 0 Å². The minimum absolute atomic E-state index is 0. The Morgan fingerprint density at radius 1 is 1.40 bits per heavy atom. The van der Waals surface area contributed by atoms with Crippen molar-refractivity contribution in [1.82, 2.24) is 5.32 Å². The van der Waals surface area contributed by atoms with Gasteiger partial charge in [-0.1, -0.05) is 12.1 Å². The molecule has 0 fully saturated rings. The van der Waals surface area contributed by atoms with Gasteiger partial charge in [-0.25, -0.2) is 0 Å². The van der Waals surface area contributed by atoms with E-state index in [1.54, 1.807) is 7.11 Å². The molecule has 0 radical (unpaired) electrons. The molecule has 0 amide bonds. The molecule has 20 heavy (non-hydrogen) atoms. The quantitative estimate of drug-likeness (QED) is 0.543. The first-order chi connectivity index (χ1) is 9.26. The van der Waals surface area contributed by atoms with Gasteiger partial charge in [0, 0.05) is 18.7 Å². The highest BCUT2D eigenvalue weighted by atomic mass is 35.5. The maximum absolute atomic E-state index is 8.78. The lowest BCUT2D eigenvalue weighted by molar-refractivity contribution is 0.291. The molecule has 1 aromatic rings. The summed E-state index contributed by atoms with van der Waals surface area (Å²) in [5, 5.41) is 11.9. The first-order valence-corrected chi connectivity index (χ1v) is 6.51. The normalized spacial score (nSPS) is 9.75. The number of benzene rings is 1. The molecule has 0 bridgehead atoms. The Balaban J connectivity index is 0.00000361. The van der Waals surface area contributed by atoms with Crippen LogP contribution in [0.3, 0.4) is 0 Å². The average Bonchev–Trinajstić information content (AvgIpc) is 2.42. The van der Waals surface area contributed by atoms with Crippen molar-refractivity contribution in [3.63, 3.8) is 0 Å². The van der Waals surface area contributed by atoms with E-state index in [1.165, 1.54) is 0 Å². The van der Waals surface area contributed by atoms with E-state index in [4.69, 9.17) is 14.6 Å². The molecular weight excluding hydrogens is 278 g/mol. The molecule has 0 aliphatic carbocycles. The standard InChI is InChI=1S/C15H23NO3.ClH/c1-4-6-13-9-12(11-16-7-8-17)10-14(18-3)15(13)19-5-2;/h4,9-10,16-17H,1,5-8,11H2,2-3H3;1H. The van der Waals surface area contributed by atoms with Crippen molar-refractivity contribution in [2.45, 2.75) is 19.9 Å². The van der Waals surface area contributed by atoms with Crippen molar-refractivity contribution < 1.29 is 14.6 Å². The summed E-state index contributed by atoms with van der Waals surface area (Å²) in [5.74, 6) is 1.53. The summed E-state index contributed by atoms with van der Waals surface area (Å²) in [6.45, 7) is 7.72. The number of rotatable bonds is 9. The van der Waals surface area contributed by atoms with Crippen LogP contribution >= 0.6 is 12.4 Å². The monoisotopic (exact) mass is 301 g/mol. The molecule has 0 spiro atoms. The van der Waals surface area contributed by atoms with Crippen molar-refractivity contribution in [3.05, 3.63) is 35.9 Å². The second-order valence-corrected chi connectivity index (χ2v) is 4.11. The summed E-state index contributed by atoms with van der Waals surface area (Å²) in [5.41, 5.74) is 2.17. The smallest absolute Gasteiger partial charge is 0.164 e. The lowest BCUT2D eigenvalue weighted by atomic mass is 10.1. The Kier molecular flexibility index (Phi) is 9.90. The third-order valence-corrected chi connectivity index (χ3v) is 2.68. The zero-order valence-corrected chi connectivity index (χ0v) is 13.0. The number of nitrogens with one attached hydrogen (secondary N) is 1. The van der Waals surface area contributed by atoms with E-state index in [2.05, 4.69) is 18.0 Å². The highest BCUT2D eigenvalue weighted by Crippen LogP contribution is 2.33. The number of hydrogen-bond donors (Lipinski definition) is 2. The fourth-order valence-corrected chi connectivity index (χ4v) is 1.90. The van der Waals surface area contributed by atoms with Gasteiger partial charge in [-0.3, -0.25) is 0 Å². The van der Waals surface area contributed by atoms with Crippen LogP contribution in [0.25, 0.3) is 0 Å². The summed E-state index contributed by atoms with van der Waals surface area (Å²) in [6.07, 6.45) is 2.59. The van der Waals surface area contributed by atoms with E-state index in [9.17, 15) is 0 Å². The number of aliphatic hydroxyl groups is 1. The van der Waals surface area contributed by atoms with Gasteiger partial charge in [0.05, 0.1) is 20.3 Å². The van der Waals surface area contributed by atoms with Crippen LogP contribution in [-0.2, 0) is 13.0 Å². The maximum atomic E-state index is 8.78. The highest BCUT2D eigenvalue weighted by Gasteiger charge is 2.12. The third kappa shape index (κ3) is 5.41. The predicted molar refractivity (Wildman–Crippen MR) is 84.1 cm³/mol. The lowest BCUT2D eigenvalue weighted by Gasteiger charge is -2.16. The van der Waals surface area contributed by atoms with E-state index >= 15 is 0 Å². The summed E-state index contributed by atoms with van der Waals surface area (Å²) in [7, 11) is 1.64. The largest absolute Gasteiger partial charge is 0.493 e. The van der Waals surface area contributed by atoms with Crippen LogP contribution in [0, 0.1) is 0 Å². The van der Waals surface area contributed by atoms with Crippen LogP contribution in [0.2, 0.25) is 0 Å². The molecule has 0 saturated heterocycles. The number of methoxy groups -OCH3 is 1. The van der Waals surface area contributed by atoms with Crippen LogP contribution in [0.15, 0.2) is 24.8 Å². The zero-order valence-electron chi connectivity index (χ0n) is 12.1. The van der Waals surface area contributed by atoms with Crippen LogP contribution in [-0.4, -0.2) is 32.0 Å². The van der Waals surface area contributed by atoms with E-state index in [-0.39, 0.29) is 19.0 Å². The topological polar surface area (TPSA) is 50.7 Å². The molecule has 5 heteroatoms. The van der Waals surface area contributed by atoms with Gasteiger partial charge in [-0.05, 0) is 25.0 Å². The molecule has 0 aliphatic rings. The maximum Gasteiger partial charge on any atom is 0.164 e. The van der Waals surface area contributed by atoms with Gasteiger partial charge >= 0.3 is 0 Å². The lowest BCUT2D eigenvalue weighted by Crippen LogP contribution is -2.17. The van der Waals surface area contributed by atoms with Gasteiger partial charge < -0.3 is 19.9 Å². The molecule has 0 heterocycles. The summed E-state index contributed by atoms with van der Waals surface area (Å²) in [6, 6.07) is 4.04. The number of allylic oxidation sites excluding steroid dienone is 1. The number of aliphatic hydroxyl groups excluding tert-OH is 1. The Morgan fingerprint density at radius 2 is 2.15 bits per heavy atom. The molecule has 0 unspecified atom stereocenters. The van der Waals surface area contributed by atoms with Crippen LogP contribution in [0.1, 0.15) is 18.1 Å².